The summed E-state index contributed by atoms with van der Waals surface area (Å²) >= 11 is 0. The van der Waals surface area contributed by atoms with E-state index in [-0.39, 0.29) is 11.3 Å². The molecule has 8 heteroatoms. The Balaban J connectivity index is 1.33. The maximum absolute atomic E-state index is 12.7. The van der Waals surface area contributed by atoms with E-state index in [0.29, 0.717) is 11.5 Å². The highest BCUT2D eigenvalue weighted by molar-refractivity contribution is 6.03. The van der Waals surface area contributed by atoms with Crippen LogP contribution in [-0.4, -0.2) is 30.4 Å². The molecule has 0 saturated heterocycles. The van der Waals surface area contributed by atoms with Gasteiger partial charge in [-0.25, -0.2) is 4.98 Å². The predicted octanol–water partition coefficient (Wildman–Crippen LogP) is 2.49. The Bertz CT molecular complexity index is 1310. The number of anilines is 1. The number of nitrogens with zero attached hydrogens (tertiary/aromatic N) is 4. The molecule has 0 spiro atoms. The van der Waals surface area contributed by atoms with Gasteiger partial charge in [-0.15, -0.1) is 0 Å². The molecule has 0 unspecified atom stereocenters. The van der Waals surface area contributed by atoms with Gasteiger partial charge < -0.3 is 5.32 Å². The molecule has 2 N–H and O–H groups in total. The summed E-state index contributed by atoms with van der Waals surface area (Å²) in [6.07, 6.45) is 1.27. The van der Waals surface area contributed by atoms with Gasteiger partial charge in [0.2, 0.25) is 0 Å². The lowest BCUT2D eigenvalue weighted by Crippen LogP contribution is -2.27. The first kappa shape index (κ1) is 18.3. The van der Waals surface area contributed by atoms with Gasteiger partial charge in [-0.05, 0) is 35.7 Å². The summed E-state index contributed by atoms with van der Waals surface area (Å²) in [6, 6.07) is 16.2. The SMILES string of the molecule is Cc1nc2ncc(C(=O)Nc3ccc4c(c3)CN(Cc3ccccc3)C4)c(=O)n2[nH]1. The number of hydrogen-bond donors (Lipinski definition) is 2. The van der Waals surface area contributed by atoms with Gasteiger partial charge >= 0.3 is 0 Å². The molecule has 150 valence electrons. The highest BCUT2D eigenvalue weighted by atomic mass is 16.2. The second kappa shape index (κ2) is 7.23. The highest BCUT2D eigenvalue weighted by Gasteiger charge is 2.20. The maximum Gasteiger partial charge on any atom is 0.286 e. The minimum Gasteiger partial charge on any atom is -0.322 e. The summed E-state index contributed by atoms with van der Waals surface area (Å²) < 4.78 is 1.17. The molecule has 0 bridgehead atoms. The quantitative estimate of drug-likeness (QED) is 0.549. The van der Waals surface area contributed by atoms with Crippen molar-refractivity contribution in [1.29, 1.82) is 0 Å². The Kier molecular flexibility index (Phi) is 4.40. The lowest BCUT2D eigenvalue weighted by Gasteiger charge is -2.14. The molecule has 5 rings (SSSR count). The summed E-state index contributed by atoms with van der Waals surface area (Å²) in [4.78, 5) is 35.8. The van der Waals surface area contributed by atoms with E-state index in [1.807, 2.05) is 36.4 Å². The number of fused-ring (bicyclic) bond motifs is 2. The predicted molar refractivity (Wildman–Crippen MR) is 112 cm³/mol. The molecule has 1 aliphatic rings. The first-order valence-corrected chi connectivity index (χ1v) is 9.70. The van der Waals surface area contributed by atoms with Crippen LogP contribution in [0.1, 0.15) is 32.9 Å². The van der Waals surface area contributed by atoms with Crippen molar-refractivity contribution in [2.45, 2.75) is 26.6 Å². The van der Waals surface area contributed by atoms with Gasteiger partial charge in [0.1, 0.15) is 11.4 Å². The third-order valence-corrected chi connectivity index (χ3v) is 5.23. The minimum absolute atomic E-state index is 0.0395. The van der Waals surface area contributed by atoms with Crippen LogP contribution in [0, 0.1) is 6.92 Å². The van der Waals surface area contributed by atoms with Crippen molar-refractivity contribution in [3.05, 3.63) is 93.2 Å². The van der Waals surface area contributed by atoms with E-state index in [2.05, 4.69) is 37.4 Å². The van der Waals surface area contributed by atoms with Crippen LogP contribution in [0.3, 0.4) is 0 Å². The maximum atomic E-state index is 12.7. The largest absolute Gasteiger partial charge is 0.322 e. The molecule has 1 aliphatic heterocycles. The fourth-order valence-corrected chi connectivity index (χ4v) is 3.81. The molecule has 0 aliphatic carbocycles. The topological polar surface area (TPSA) is 95.4 Å². The minimum atomic E-state index is -0.492. The molecule has 0 saturated carbocycles. The summed E-state index contributed by atoms with van der Waals surface area (Å²) in [6.45, 7) is 4.29. The Labute approximate surface area is 172 Å². The van der Waals surface area contributed by atoms with Crippen LogP contribution in [0.15, 0.2) is 59.5 Å². The third kappa shape index (κ3) is 3.37. The van der Waals surface area contributed by atoms with Gasteiger partial charge in [-0.1, -0.05) is 36.4 Å². The van der Waals surface area contributed by atoms with Crippen molar-refractivity contribution in [2.75, 3.05) is 5.32 Å². The van der Waals surface area contributed by atoms with Gasteiger partial charge in [0.05, 0.1) is 0 Å². The van der Waals surface area contributed by atoms with Gasteiger partial charge in [-0.2, -0.15) is 9.50 Å². The third-order valence-electron chi connectivity index (χ3n) is 5.23. The van der Waals surface area contributed by atoms with E-state index in [1.54, 1.807) is 6.92 Å². The summed E-state index contributed by atoms with van der Waals surface area (Å²) in [7, 11) is 0. The Morgan fingerprint density at radius 3 is 2.77 bits per heavy atom. The molecule has 4 aromatic rings. The average Bonchev–Trinajstić information content (AvgIpc) is 3.31. The molecule has 30 heavy (non-hydrogen) atoms. The first-order valence-electron chi connectivity index (χ1n) is 9.70. The fourth-order valence-electron chi connectivity index (χ4n) is 3.81. The van der Waals surface area contributed by atoms with Crippen molar-refractivity contribution in [3.63, 3.8) is 0 Å². The van der Waals surface area contributed by atoms with Gasteiger partial charge in [-0.3, -0.25) is 19.6 Å². The number of aryl methyl sites for hydroxylation is 1. The van der Waals surface area contributed by atoms with Crippen LogP contribution in [-0.2, 0) is 19.6 Å². The first-order chi connectivity index (χ1) is 14.6. The van der Waals surface area contributed by atoms with Gasteiger partial charge in [0.15, 0.2) is 0 Å². The number of benzene rings is 2. The van der Waals surface area contributed by atoms with Crippen LogP contribution < -0.4 is 10.9 Å². The van der Waals surface area contributed by atoms with E-state index < -0.39 is 11.5 Å². The molecule has 3 heterocycles. The number of H-pyrrole nitrogens is 1. The van der Waals surface area contributed by atoms with E-state index in [0.717, 1.165) is 19.6 Å². The number of amides is 1. The van der Waals surface area contributed by atoms with Crippen molar-refractivity contribution < 1.29 is 4.79 Å². The van der Waals surface area contributed by atoms with Crippen molar-refractivity contribution in [2.24, 2.45) is 0 Å². The second-order valence-corrected chi connectivity index (χ2v) is 7.49. The number of hydrogen-bond acceptors (Lipinski definition) is 5. The molecule has 0 radical (unpaired) electrons. The van der Waals surface area contributed by atoms with Gasteiger partial charge in [0, 0.05) is 31.5 Å². The fraction of sp³-hybridized carbons (Fsp3) is 0.182. The van der Waals surface area contributed by atoms with Crippen LogP contribution in [0.5, 0.6) is 0 Å². The van der Waals surface area contributed by atoms with Crippen LogP contribution >= 0.6 is 0 Å². The molecule has 2 aromatic carbocycles. The zero-order valence-electron chi connectivity index (χ0n) is 16.4. The monoisotopic (exact) mass is 400 g/mol. The number of carbonyl (C=O) groups excluding carboxylic acids is 1. The number of rotatable bonds is 4. The number of nitrogens with one attached hydrogen (secondary N) is 2. The summed E-state index contributed by atoms with van der Waals surface area (Å²) in [5.41, 5.74) is 3.84. The normalized spacial score (nSPS) is 13.5. The van der Waals surface area contributed by atoms with Crippen molar-refractivity contribution in [3.8, 4) is 0 Å². The Morgan fingerprint density at radius 1 is 1.13 bits per heavy atom. The Hall–Kier alpha value is -3.78. The molecular weight excluding hydrogens is 380 g/mol. The molecule has 1 amide bonds. The van der Waals surface area contributed by atoms with E-state index in [1.165, 1.54) is 27.4 Å². The van der Waals surface area contributed by atoms with Crippen molar-refractivity contribution in [1.82, 2.24) is 24.5 Å². The zero-order valence-corrected chi connectivity index (χ0v) is 16.4. The molecule has 0 fully saturated rings. The number of aromatic nitrogens is 4. The Morgan fingerprint density at radius 2 is 1.93 bits per heavy atom. The zero-order chi connectivity index (χ0) is 20.7. The second-order valence-electron chi connectivity index (χ2n) is 7.49. The summed E-state index contributed by atoms with van der Waals surface area (Å²) in [5, 5.41) is 5.61. The van der Waals surface area contributed by atoms with Crippen LogP contribution in [0.2, 0.25) is 0 Å². The molecule has 8 nitrogen and oxygen atoms in total. The van der Waals surface area contributed by atoms with E-state index in [9.17, 15) is 9.59 Å². The van der Waals surface area contributed by atoms with Crippen molar-refractivity contribution >= 4 is 17.4 Å². The molecular formula is C22H20N6O2. The van der Waals surface area contributed by atoms with Crippen LogP contribution in [0.4, 0.5) is 5.69 Å². The average molecular weight is 400 g/mol. The molecule has 2 aromatic heterocycles. The highest BCUT2D eigenvalue weighted by Crippen LogP contribution is 2.27. The summed E-state index contributed by atoms with van der Waals surface area (Å²) in [5.74, 6) is 0.300. The van der Waals surface area contributed by atoms with Gasteiger partial charge in [0.25, 0.3) is 17.2 Å². The standard InChI is InChI=1S/C22H20N6O2/c1-14-24-22-23-10-19(21(30)28(22)26-14)20(29)25-18-8-7-16-12-27(13-17(16)9-18)11-15-5-3-2-4-6-15/h2-10H,11-13H2,1H3,(H,25,29)(H,23,24,26). The smallest absolute Gasteiger partial charge is 0.286 e. The number of aromatic amines is 1. The lowest BCUT2D eigenvalue weighted by molar-refractivity contribution is 0.102. The van der Waals surface area contributed by atoms with E-state index >= 15 is 0 Å². The lowest BCUT2D eigenvalue weighted by atomic mass is 10.1. The molecule has 0 atom stereocenters. The van der Waals surface area contributed by atoms with Crippen LogP contribution in [0.25, 0.3) is 5.78 Å². The number of carbonyl (C=O) groups is 1. The van der Waals surface area contributed by atoms with E-state index in [4.69, 9.17) is 0 Å².